The van der Waals surface area contributed by atoms with Crippen molar-refractivity contribution >= 4 is 38.8 Å². The van der Waals surface area contributed by atoms with Crippen LogP contribution >= 0.6 is 11.3 Å². The van der Waals surface area contributed by atoms with Gasteiger partial charge in [0.05, 0.1) is 33.1 Å². The van der Waals surface area contributed by atoms with Crippen molar-refractivity contribution in [1.82, 2.24) is 10.3 Å². The standard InChI is InChI=1S/C13H16N4OS/c1-8-16-10-6-11(9(14)5-12(10)19-8)17-4-2-3-15-13(18)7-17/h5-6H,2-4,7,14H2,1H3,(H,15,18). The zero-order valence-corrected chi connectivity index (χ0v) is 11.6. The van der Waals surface area contributed by atoms with Crippen LogP contribution in [-0.2, 0) is 4.79 Å². The number of rotatable bonds is 1. The Morgan fingerprint density at radius 2 is 2.32 bits per heavy atom. The fraction of sp³-hybridized carbons (Fsp3) is 0.385. The summed E-state index contributed by atoms with van der Waals surface area (Å²) in [6.45, 7) is 3.91. The molecule has 5 nitrogen and oxygen atoms in total. The minimum atomic E-state index is 0.0476. The van der Waals surface area contributed by atoms with E-state index in [-0.39, 0.29) is 5.91 Å². The van der Waals surface area contributed by atoms with E-state index in [1.807, 2.05) is 24.0 Å². The maximum atomic E-state index is 11.6. The first kappa shape index (κ1) is 12.2. The van der Waals surface area contributed by atoms with Crippen molar-refractivity contribution in [1.29, 1.82) is 0 Å². The molecule has 1 aliphatic heterocycles. The van der Waals surface area contributed by atoms with Crippen LogP contribution in [-0.4, -0.2) is 30.5 Å². The van der Waals surface area contributed by atoms with Crippen LogP contribution in [0.3, 0.4) is 0 Å². The summed E-state index contributed by atoms with van der Waals surface area (Å²) in [6.07, 6.45) is 0.930. The molecule has 3 N–H and O–H groups in total. The third kappa shape index (κ3) is 2.35. The van der Waals surface area contributed by atoms with Gasteiger partial charge in [0.2, 0.25) is 5.91 Å². The van der Waals surface area contributed by atoms with Gasteiger partial charge in [0.25, 0.3) is 0 Å². The molecule has 1 saturated heterocycles. The molecule has 0 spiro atoms. The molecule has 2 aromatic rings. The highest BCUT2D eigenvalue weighted by atomic mass is 32.1. The second-order valence-corrected chi connectivity index (χ2v) is 5.97. The normalized spacial score (nSPS) is 16.5. The van der Waals surface area contributed by atoms with Gasteiger partial charge in [0.1, 0.15) is 0 Å². The van der Waals surface area contributed by atoms with Crippen LogP contribution in [0, 0.1) is 6.92 Å². The van der Waals surface area contributed by atoms with Crippen LogP contribution in [0.5, 0.6) is 0 Å². The Morgan fingerprint density at radius 1 is 1.47 bits per heavy atom. The van der Waals surface area contributed by atoms with E-state index in [0.29, 0.717) is 12.2 Å². The lowest BCUT2D eigenvalue weighted by molar-refractivity contribution is -0.119. The van der Waals surface area contributed by atoms with Crippen LogP contribution in [0.15, 0.2) is 12.1 Å². The lowest BCUT2D eigenvalue weighted by atomic mass is 10.2. The van der Waals surface area contributed by atoms with Crippen LogP contribution < -0.4 is 16.0 Å². The minimum Gasteiger partial charge on any atom is -0.397 e. The number of fused-ring (bicyclic) bond motifs is 1. The van der Waals surface area contributed by atoms with Gasteiger partial charge in [-0.3, -0.25) is 4.79 Å². The first-order valence-corrected chi connectivity index (χ1v) is 7.13. The molecule has 0 saturated carbocycles. The number of nitrogen functional groups attached to an aromatic ring is 1. The van der Waals surface area contributed by atoms with E-state index in [2.05, 4.69) is 10.3 Å². The number of benzene rings is 1. The predicted molar refractivity (Wildman–Crippen MR) is 78.6 cm³/mol. The topological polar surface area (TPSA) is 71.2 Å². The highest BCUT2D eigenvalue weighted by molar-refractivity contribution is 7.18. The van der Waals surface area contributed by atoms with Gasteiger partial charge in [-0.15, -0.1) is 11.3 Å². The monoisotopic (exact) mass is 276 g/mol. The average Bonchev–Trinajstić information content (AvgIpc) is 2.56. The number of amides is 1. The Morgan fingerprint density at radius 3 is 3.16 bits per heavy atom. The fourth-order valence-electron chi connectivity index (χ4n) is 2.38. The van der Waals surface area contributed by atoms with Gasteiger partial charge in [-0.2, -0.15) is 0 Å². The molecule has 1 fully saturated rings. The lowest BCUT2D eigenvalue weighted by Gasteiger charge is -2.22. The summed E-state index contributed by atoms with van der Waals surface area (Å²) in [5, 5.41) is 3.90. The molecule has 1 amide bonds. The Kier molecular flexibility index (Phi) is 3.02. The highest BCUT2D eigenvalue weighted by Crippen LogP contribution is 2.32. The van der Waals surface area contributed by atoms with E-state index in [1.165, 1.54) is 0 Å². The smallest absolute Gasteiger partial charge is 0.239 e. The number of aromatic nitrogens is 1. The molecular formula is C13H16N4OS. The number of nitrogens with zero attached hydrogens (tertiary/aromatic N) is 2. The molecule has 0 radical (unpaired) electrons. The van der Waals surface area contributed by atoms with E-state index in [9.17, 15) is 4.79 Å². The molecule has 0 atom stereocenters. The number of aryl methyl sites for hydroxylation is 1. The maximum Gasteiger partial charge on any atom is 0.239 e. The van der Waals surface area contributed by atoms with Crippen molar-refractivity contribution in [3.05, 3.63) is 17.1 Å². The van der Waals surface area contributed by atoms with Gasteiger partial charge in [-0.05, 0) is 25.5 Å². The van der Waals surface area contributed by atoms with Crippen molar-refractivity contribution in [2.24, 2.45) is 0 Å². The largest absolute Gasteiger partial charge is 0.397 e. The van der Waals surface area contributed by atoms with Gasteiger partial charge in [0, 0.05) is 13.1 Å². The van der Waals surface area contributed by atoms with E-state index in [1.54, 1.807) is 11.3 Å². The molecule has 1 aliphatic rings. The number of carbonyl (C=O) groups excluding carboxylic acids is 1. The van der Waals surface area contributed by atoms with Crippen molar-refractivity contribution in [2.45, 2.75) is 13.3 Å². The van der Waals surface area contributed by atoms with E-state index in [0.717, 1.165) is 40.4 Å². The van der Waals surface area contributed by atoms with Crippen molar-refractivity contribution in [3.63, 3.8) is 0 Å². The number of carbonyl (C=O) groups is 1. The average molecular weight is 276 g/mol. The van der Waals surface area contributed by atoms with Gasteiger partial charge in [0.15, 0.2) is 0 Å². The second-order valence-electron chi connectivity index (χ2n) is 4.74. The molecule has 1 aromatic carbocycles. The van der Waals surface area contributed by atoms with Gasteiger partial charge in [-0.1, -0.05) is 0 Å². The van der Waals surface area contributed by atoms with Crippen LogP contribution in [0.4, 0.5) is 11.4 Å². The van der Waals surface area contributed by atoms with Crippen LogP contribution in [0.25, 0.3) is 10.2 Å². The SMILES string of the molecule is Cc1nc2cc(N3CCCNC(=O)C3)c(N)cc2s1. The quantitative estimate of drug-likeness (QED) is 0.775. The summed E-state index contributed by atoms with van der Waals surface area (Å²) < 4.78 is 1.10. The number of nitrogens with one attached hydrogen (secondary N) is 1. The summed E-state index contributed by atoms with van der Waals surface area (Å²) in [5.41, 5.74) is 8.71. The predicted octanol–water partition coefficient (Wildman–Crippen LogP) is 1.51. The van der Waals surface area contributed by atoms with Crippen molar-refractivity contribution in [2.75, 3.05) is 30.3 Å². The molecule has 1 aromatic heterocycles. The highest BCUT2D eigenvalue weighted by Gasteiger charge is 2.18. The molecule has 0 bridgehead atoms. The molecule has 100 valence electrons. The molecule has 0 aliphatic carbocycles. The van der Waals surface area contributed by atoms with Crippen molar-refractivity contribution < 1.29 is 4.79 Å². The molecular weight excluding hydrogens is 260 g/mol. The summed E-state index contributed by atoms with van der Waals surface area (Å²) in [4.78, 5) is 18.2. The summed E-state index contributed by atoms with van der Waals surface area (Å²) in [5.74, 6) is 0.0476. The third-order valence-electron chi connectivity index (χ3n) is 3.25. The molecule has 19 heavy (non-hydrogen) atoms. The lowest BCUT2D eigenvalue weighted by Crippen LogP contribution is -2.33. The van der Waals surface area contributed by atoms with E-state index >= 15 is 0 Å². The molecule has 0 unspecified atom stereocenters. The maximum absolute atomic E-state index is 11.6. The molecule has 2 heterocycles. The van der Waals surface area contributed by atoms with Crippen LogP contribution in [0.2, 0.25) is 0 Å². The zero-order valence-electron chi connectivity index (χ0n) is 10.8. The number of hydrogen-bond acceptors (Lipinski definition) is 5. The Hall–Kier alpha value is -1.82. The first-order valence-electron chi connectivity index (χ1n) is 6.32. The molecule has 3 rings (SSSR count). The summed E-state index contributed by atoms with van der Waals surface area (Å²) >= 11 is 1.64. The Balaban J connectivity index is 2.02. The summed E-state index contributed by atoms with van der Waals surface area (Å²) in [6, 6.07) is 3.95. The third-order valence-corrected chi connectivity index (χ3v) is 4.18. The van der Waals surface area contributed by atoms with Crippen molar-refractivity contribution in [3.8, 4) is 0 Å². The fourth-order valence-corrected chi connectivity index (χ4v) is 3.24. The Labute approximate surface area is 115 Å². The summed E-state index contributed by atoms with van der Waals surface area (Å²) in [7, 11) is 0. The number of anilines is 2. The minimum absolute atomic E-state index is 0.0476. The van der Waals surface area contributed by atoms with Crippen LogP contribution in [0.1, 0.15) is 11.4 Å². The number of hydrogen-bond donors (Lipinski definition) is 2. The number of nitrogens with two attached hydrogens (primary N) is 1. The number of thiazole rings is 1. The first-order chi connectivity index (χ1) is 9.13. The Bertz CT molecular complexity index is 637. The van der Waals surface area contributed by atoms with Gasteiger partial charge in [-0.25, -0.2) is 4.98 Å². The van der Waals surface area contributed by atoms with E-state index < -0.39 is 0 Å². The van der Waals surface area contributed by atoms with E-state index in [4.69, 9.17) is 5.73 Å². The zero-order chi connectivity index (χ0) is 13.4. The van der Waals surface area contributed by atoms with Gasteiger partial charge >= 0.3 is 0 Å². The second kappa shape index (κ2) is 4.70. The van der Waals surface area contributed by atoms with Gasteiger partial charge < -0.3 is 16.0 Å². The molecule has 6 heteroatoms.